The Morgan fingerprint density at radius 1 is 1.05 bits per heavy atom. The third-order valence-corrected chi connectivity index (χ3v) is 2.91. The number of benzene rings is 2. The molecule has 2 aromatic rings. The van der Waals surface area contributed by atoms with Crippen LogP contribution in [0, 0.1) is 5.82 Å². The Hall–Kier alpha value is -2.01. The predicted molar refractivity (Wildman–Crippen MR) is 70.1 cm³/mol. The summed E-state index contributed by atoms with van der Waals surface area (Å²) in [7, 11) is 0. The van der Waals surface area contributed by atoms with E-state index in [0.717, 1.165) is 0 Å². The third-order valence-electron chi connectivity index (χ3n) is 2.91. The van der Waals surface area contributed by atoms with Crippen molar-refractivity contribution in [3.05, 3.63) is 65.5 Å². The zero-order valence-electron chi connectivity index (χ0n) is 10.6. The molecule has 0 spiro atoms. The van der Waals surface area contributed by atoms with Crippen molar-refractivity contribution in [2.24, 2.45) is 5.73 Å². The molecule has 2 N–H and O–H groups in total. The number of hydrogen-bond donors (Lipinski definition) is 1. The Kier molecular flexibility index (Phi) is 4.63. The molecule has 0 bridgehead atoms. The zero-order valence-corrected chi connectivity index (χ0v) is 10.6. The molecule has 1 atom stereocenters. The number of ether oxygens (including phenoxy) is 1. The van der Waals surface area contributed by atoms with E-state index in [2.05, 4.69) is 4.74 Å². The van der Waals surface area contributed by atoms with Gasteiger partial charge in [0.2, 0.25) is 0 Å². The molecule has 0 heterocycles. The average molecular weight is 281 g/mol. The number of halogens is 3. The standard InChI is InChI=1S/C15H14F3NO/c16-13-7-2-1-4-10(13)9-14(19)11-5-3-6-12(8-11)20-15(17)18/h1-8,14-15H,9,19H2. The summed E-state index contributed by atoms with van der Waals surface area (Å²) >= 11 is 0. The van der Waals surface area contributed by atoms with E-state index in [1.807, 2.05) is 0 Å². The van der Waals surface area contributed by atoms with E-state index >= 15 is 0 Å². The van der Waals surface area contributed by atoms with Crippen molar-refractivity contribution in [3.63, 3.8) is 0 Å². The molecule has 106 valence electrons. The third kappa shape index (κ3) is 3.74. The molecule has 0 saturated heterocycles. The molecule has 0 aliphatic carbocycles. The Balaban J connectivity index is 2.13. The first kappa shape index (κ1) is 14.4. The van der Waals surface area contributed by atoms with E-state index in [-0.39, 0.29) is 18.0 Å². The fourth-order valence-corrected chi connectivity index (χ4v) is 1.94. The maximum atomic E-state index is 13.5. The van der Waals surface area contributed by atoms with Gasteiger partial charge in [0.1, 0.15) is 11.6 Å². The van der Waals surface area contributed by atoms with E-state index in [0.29, 0.717) is 11.1 Å². The lowest BCUT2D eigenvalue weighted by molar-refractivity contribution is -0.0498. The van der Waals surface area contributed by atoms with Gasteiger partial charge in [0.05, 0.1) is 0 Å². The molecule has 2 aromatic carbocycles. The number of nitrogens with two attached hydrogens (primary N) is 1. The van der Waals surface area contributed by atoms with E-state index in [1.54, 1.807) is 30.3 Å². The minimum Gasteiger partial charge on any atom is -0.435 e. The van der Waals surface area contributed by atoms with Crippen molar-refractivity contribution in [2.45, 2.75) is 19.1 Å². The molecular formula is C15H14F3NO. The number of alkyl halides is 2. The highest BCUT2D eigenvalue weighted by Crippen LogP contribution is 2.22. The lowest BCUT2D eigenvalue weighted by Crippen LogP contribution is -2.14. The number of rotatable bonds is 5. The van der Waals surface area contributed by atoms with E-state index in [4.69, 9.17) is 5.73 Å². The van der Waals surface area contributed by atoms with Crippen molar-refractivity contribution in [1.29, 1.82) is 0 Å². The molecule has 0 aliphatic heterocycles. The SMILES string of the molecule is NC(Cc1ccccc1F)c1cccc(OC(F)F)c1. The van der Waals surface area contributed by atoms with Gasteiger partial charge in [-0.25, -0.2) is 4.39 Å². The quantitative estimate of drug-likeness (QED) is 0.907. The van der Waals surface area contributed by atoms with Crippen LogP contribution >= 0.6 is 0 Å². The highest BCUT2D eigenvalue weighted by atomic mass is 19.3. The van der Waals surface area contributed by atoms with Gasteiger partial charge in [-0.15, -0.1) is 0 Å². The van der Waals surface area contributed by atoms with Crippen molar-refractivity contribution in [2.75, 3.05) is 0 Å². The summed E-state index contributed by atoms with van der Waals surface area (Å²) in [5.74, 6) is -0.288. The summed E-state index contributed by atoms with van der Waals surface area (Å²) in [4.78, 5) is 0. The van der Waals surface area contributed by atoms with E-state index in [9.17, 15) is 13.2 Å². The second-order valence-corrected chi connectivity index (χ2v) is 4.35. The summed E-state index contributed by atoms with van der Waals surface area (Å²) < 4.78 is 42.2. The summed E-state index contributed by atoms with van der Waals surface area (Å²) in [6, 6.07) is 12.0. The average Bonchev–Trinajstić information content (AvgIpc) is 2.41. The molecule has 0 aromatic heterocycles. The van der Waals surface area contributed by atoms with Crippen LogP contribution in [0.5, 0.6) is 5.75 Å². The van der Waals surface area contributed by atoms with Crippen LogP contribution in [0.2, 0.25) is 0 Å². The van der Waals surface area contributed by atoms with Crippen LogP contribution < -0.4 is 10.5 Å². The van der Waals surface area contributed by atoms with Gasteiger partial charge in [-0.05, 0) is 35.7 Å². The molecule has 2 rings (SSSR count). The second kappa shape index (κ2) is 6.43. The fourth-order valence-electron chi connectivity index (χ4n) is 1.94. The van der Waals surface area contributed by atoms with Crippen molar-refractivity contribution >= 4 is 0 Å². The molecule has 5 heteroatoms. The van der Waals surface area contributed by atoms with Crippen LogP contribution in [0.1, 0.15) is 17.2 Å². The van der Waals surface area contributed by atoms with Gasteiger partial charge >= 0.3 is 6.61 Å². The van der Waals surface area contributed by atoms with Crippen LogP contribution in [0.15, 0.2) is 48.5 Å². The Morgan fingerprint density at radius 3 is 2.50 bits per heavy atom. The molecule has 0 saturated carbocycles. The van der Waals surface area contributed by atoms with Crippen molar-refractivity contribution in [3.8, 4) is 5.75 Å². The van der Waals surface area contributed by atoms with E-state index in [1.165, 1.54) is 18.2 Å². The van der Waals surface area contributed by atoms with Gasteiger partial charge in [0.25, 0.3) is 0 Å². The van der Waals surface area contributed by atoms with Gasteiger partial charge in [-0.3, -0.25) is 0 Å². The first-order valence-electron chi connectivity index (χ1n) is 6.10. The molecule has 1 unspecified atom stereocenters. The van der Waals surface area contributed by atoms with E-state index < -0.39 is 12.7 Å². The largest absolute Gasteiger partial charge is 0.435 e. The minimum absolute atomic E-state index is 0.0430. The first-order chi connectivity index (χ1) is 9.56. The van der Waals surface area contributed by atoms with Crippen LogP contribution in [0.4, 0.5) is 13.2 Å². The van der Waals surface area contributed by atoms with Crippen LogP contribution in [-0.2, 0) is 6.42 Å². The predicted octanol–water partition coefficient (Wildman–Crippen LogP) is 3.67. The fraction of sp³-hybridized carbons (Fsp3) is 0.200. The lowest BCUT2D eigenvalue weighted by atomic mass is 9.99. The maximum Gasteiger partial charge on any atom is 0.387 e. The molecule has 2 nitrogen and oxygen atoms in total. The highest BCUT2D eigenvalue weighted by Gasteiger charge is 2.12. The second-order valence-electron chi connectivity index (χ2n) is 4.35. The topological polar surface area (TPSA) is 35.2 Å². The maximum absolute atomic E-state index is 13.5. The first-order valence-corrected chi connectivity index (χ1v) is 6.10. The molecule has 0 fully saturated rings. The Labute approximate surface area is 115 Å². The lowest BCUT2D eigenvalue weighted by Gasteiger charge is -2.14. The molecule has 0 aliphatic rings. The van der Waals surface area contributed by atoms with Gasteiger partial charge in [0.15, 0.2) is 0 Å². The monoisotopic (exact) mass is 281 g/mol. The zero-order chi connectivity index (χ0) is 14.5. The summed E-state index contributed by atoms with van der Waals surface area (Å²) in [5, 5.41) is 0. The number of hydrogen-bond acceptors (Lipinski definition) is 2. The highest BCUT2D eigenvalue weighted by molar-refractivity contribution is 5.32. The van der Waals surface area contributed by atoms with Crippen LogP contribution in [0.25, 0.3) is 0 Å². The Morgan fingerprint density at radius 2 is 1.80 bits per heavy atom. The van der Waals surface area contributed by atoms with Gasteiger partial charge in [-0.2, -0.15) is 8.78 Å². The normalized spacial score (nSPS) is 12.4. The van der Waals surface area contributed by atoms with Crippen molar-refractivity contribution in [1.82, 2.24) is 0 Å². The summed E-state index contributed by atoms with van der Waals surface area (Å²) in [6.07, 6.45) is 0.283. The molecular weight excluding hydrogens is 267 g/mol. The minimum atomic E-state index is -2.88. The Bertz CT molecular complexity index is 575. The summed E-state index contributed by atoms with van der Waals surface area (Å²) in [6.45, 7) is -2.88. The summed E-state index contributed by atoms with van der Waals surface area (Å²) in [5.41, 5.74) is 7.09. The van der Waals surface area contributed by atoms with Crippen LogP contribution in [-0.4, -0.2) is 6.61 Å². The van der Waals surface area contributed by atoms with Crippen molar-refractivity contribution < 1.29 is 17.9 Å². The molecule has 0 radical (unpaired) electrons. The van der Waals surface area contributed by atoms with Gasteiger partial charge < -0.3 is 10.5 Å². The molecule has 0 amide bonds. The van der Waals surface area contributed by atoms with Crippen LogP contribution in [0.3, 0.4) is 0 Å². The van der Waals surface area contributed by atoms with Gasteiger partial charge in [0, 0.05) is 6.04 Å². The van der Waals surface area contributed by atoms with Gasteiger partial charge in [-0.1, -0.05) is 30.3 Å². The smallest absolute Gasteiger partial charge is 0.387 e. The molecule has 20 heavy (non-hydrogen) atoms.